The van der Waals surface area contributed by atoms with Crippen LogP contribution in [0.4, 0.5) is 13.2 Å². The van der Waals surface area contributed by atoms with Crippen LogP contribution in [-0.2, 0) is 0 Å². The van der Waals surface area contributed by atoms with E-state index in [0.29, 0.717) is 0 Å². The zero-order chi connectivity index (χ0) is 14.9. The summed E-state index contributed by atoms with van der Waals surface area (Å²) >= 11 is 0. The van der Waals surface area contributed by atoms with Crippen molar-refractivity contribution in [3.8, 4) is 17.0 Å². The molecule has 0 aliphatic heterocycles. The molecular formula is C13H8F3NO3. The molecule has 2 aromatic rings. The van der Waals surface area contributed by atoms with Crippen LogP contribution in [0.3, 0.4) is 0 Å². The molecule has 0 aliphatic carbocycles. The summed E-state index contributed by atoms with van der Waals surface area (Å²) in [5.41, 5.74) is -0.218. The van der Waals surface area contributed by atoms with Gasteiger partial charge in [-0.05, 0) is 23.8 Å². The van der Waals surface area contributed by atoms with Crippen LogP contribution < -0.4 is 4.74 Å². The van der Waals surface area contributed by atoms with Crippen LogP contribution in [0.15, 0.2) is 24.4 Å². The quantitative estimate of drug-likeness (QED) is 0.880. The van der Waals surface area contributed by atoms with E-state index in [1.807, 2.05) is 0 Å². The van der Waals surface area contributed by atoms with E-state index in [9.17, 15) is 18.0 Å². The Labute approximate surface area is 111 Å². The third-order valence-corrected chi connectivity index (χ3v) is 2.59. The number of carboxylic acid groups (broad SMARTS) is 1. The fourth-order valence-corrected chi connectivity index (χ4v) is 1.65. The van der Waals surface area contributed by atoms with Gasteiger partial charge in [0.05, 0.1) is 12.7 Å². The van der Waals surface area contributed by atoms with Crippen molar-refractivity contribution in [1.29, 1.82) is 0 Å². The van der Waals surface area contributed by atoms with E-state index in [2.05, 4.69) is 4.98 Å². The van der Waals surface area contributed by atoms with Crippen molar-refractivity contribution in [3.05, 3.63) is 47.4 Å². The van der Waals surface area contributed by atoms with Gasteiger partial charge in [0, 0.05) is 11.8 Å². The molecule has 1 aromatic heterocycles. The van der Waals surface area contributed by atoms with Gasteiger partial charge in [0.2, 0.25) is 5.88 Å². The van der Waals surface area contributed by atoms with Crippen LogP contribution in [0.25, 0.3) is 11.1 Å². The zero-order valence-corrected chi connectivity index (χ0v) is 10.2. The van der Waals surface area contributed by atoms with Crippen molar-refractivity contribution < 1.29 is 27.8 Å². The molecule has 0 fully saturated rings. The summed E-state index contributed by atoms with van der Waals surface area (Å²) in [6.45, 7) is 0. The Balaban J connectivity index is 2.67. The number of benzene rings is 1. The summed E-state index contributed by atoms with van der Waals surface area (Å²) < 4.78 is 44.3. The standard InChI is InChI=1S/C13H8F3NO3/c1-20-12-8(2-7(5-17-12)13(18)19)6-3-9(14)11(16)10(15)4-6/h2-5H,1H3,(H,18,19). The predicted octanol–water partition coefficient (Wildman–Crippen LogP) is 2.87. The SMILES string of the molecule is COc1ncc(C(=O)O)cc1-c1cc(F)c(F)c(F)c1. The first-order chi connectivity index (χ1) is 9.43. The largest absolute Gasteiger partial charge is 0.481 e. The Morgan fingerprint density at radius 2 is 1.80 bits per heavy atom. The first-order valence-corrected chi connectivity index (χ1v) is 5.36. The number of carboxylic acids is 1. The summed E-state index contributed by atoms with van der Waals surface area (Å²) in [5.74, 6) is -5.66. The van der Waals surface area contributed by atoms with E-state index in [0.717, 1.165) is 24.4 Å². The minimum Gasteiger partial charge on any atom is -0.481 e. The number of aromatic carboxylic acids is 1. The average Bonchev–Trinajstić information content (AvgIpc) is 2.43. The van der Waals surface area contributed by atoms with Gasteiger partial charge in [-0.1, -0.05) is 0 Å². The second-order valence-electron chi connectivity index (χ2n) is 3.84. The van der Waals surface area contributed by atoms with Crippen LogP contribution >= 0.6 is 0 Å². The maximum absolute atomic E-state index is 13.2. The normalized spacial score (nSPS) is 10.4. The highest BCUT2D eigenvalue weighted by Crippen LogP contribution is 2.30. The van der Waals surface area contributed by atoms with Gasteiger partial charge in [0.25, 0.3) is 0 Å². The second-order valence-corrected chi connectivity index (χ2v) is 3.84. The van der Waals surface area contributed by atoms with Crippen LogP contribution in [-0.4, -0.2) is 23.2 Å². The summed E-state index contributed by atoms with van der Waals surface area (Å²) in [6.07, 6.45) is 1.04. The molecule has 20 heavy (non-hydrogen) atoms. The van der Waals surface area contributed by atoms with E-state index in [1.165, 1.54) is 7.11 Å². The summed E-state index contributed by atoms with van der Waals surface area (Å²) in [5, 5.41) is 8.88. The van der Waals surface area contributed by atoms with Crippen molar-refractivity contribution in [1.82, 2.24) is 4.98 Å². The first kappa shape index (κ1) is 13.9. The Morgan fingerprint density at radius 3 is 2.30 bits per heavy atom. The molecule has 1 aromatic carbocycles. The van der Waals surface area contributed by atoms with Gasteiger partial charge in [0.15, 0.2) is 17.5 Å². The van der Waals surface area contributed by atoms with Gasteiger partial charge < -0.3 is 9.84 Å². The highest BCUT2D eigenvalue weighted by atomic mass is 19.2. The lowest BCUT2D eigenvalue weighted by Gasteiger charge is -2.09. The molecule has 1 heterocycles. The predicted molar refractivity (Wildman–Crippen MR) is 63.1 cm³/mol. The number of hydrogen-bond acceptors (Lipinski definition) is 3. The first-order valence-electron chi connectivity index (χ1n) is 5.36. The van der Waals surface area contributed by atoms with Crippen molar-refractivity contribution >= 4 is 5.97 Å². The fraction of sp³-hybridized carbons (Fsp3) is 0.0769. The van der Waals surface area contributed by atoms with Gasteiger partial charge in [-0.3, -0.25) is 0 Å². The molecule has 0 atom stereocenters. The van der Waals surface area contributed by atoms with Crippen LogP contribution in [0.1, 0.15) is 10.4 Å². The number of aromatic nitrogens is 1. The monoisotopic (exact) mass is 283 g/mol. The topological polar surface area (TPSA) is 59.4 Å². The Hall–Kier alpha value is -2.57. The third-order valence-electron chi connectivity index (χ3n) is 2.59. The van der Waals surface area contributed by atoms with Crippen LogP contribution in [0.2, 0.25) is 0 Å². The number of hydrogen-bond donors (Lipinski definition) is 1. The number of carbonyl (C=O) groups is 1. The van der Waals surface area contributed by atoms with E-state index in [4.69, 9.17) is 9.84 Å². The molecule has 0 bridgehead atoms. The molecule has 0 spiro atoms. The maximum atomic E-state index is 13.2. The highest BCUT2D eigenvalue weighted by molar-refractivity contribution is 5.89. The van der Waals surface area contributed by atoms with Gasteiger partial charge in [-0.25, -0.2) is 22.9 Å². The van der Waals surface area contributed by atoms with Gasteiger partial charge >= 0.3 is 5.97 Å². The average molecular weight is 283 g/mol. The van der Waals surface area contributed by atoms with Crippen LogP contribution in [0, 0.1) is 17.5 Å². The minimum atomic E-state index is -1.60. The Morgan fingerprint density at radius 1 is 1.20 bits per heavy atom. The summed E-state index contributed by atoms with van der Waals surface area (Å²) in [6, 6.07) is 2.62. The van der Waals surface area contributed by atoms with Crippen LogP contribution in [0.5, 0.6) is 5.88 Å². The van der Waals surface area contributed by atoms with Gasteiger partial charge in [-0.2, -0.15) is 0 Å². The fourth-order valence-electron chi connectivity index (χ4n) is 1.65. The molecule has 0 amide bonds. The number of methoxy groups -OCH3 is 1. The molecule has 1 N–H and O–H groups in total. The lowest BCUT2D eigenvalue weighted by Crippen LogP contribution is -2.01. The number of halogens is 3. The maximum Gasteiger partial charge on any atom is 0.337 e. The molecule has 0 saturated carbocycles. The number of ether oxygens (including phenoxy) is 1. The minimum absolute atomic E-state index is 0.0274. The van der Waals surface area contributed by atoms with Crippen molar-refractivity contribution in [3.63, 3.8) is 0 Å². The van der Waals surface area contributed by atoms with E-state index in [1.54, 1.807) is 0 Å². The molecule has 0 saturated heterocycles. The van der Waals surface area contributed by atoms with Crippen molar-refractivity contribution in [2.24, 2.45) is 0 Å². The Bertz CT molecular complexity index is 666. The van der Waals surface area contributed by atoms with Crippen molar-refractivity contribution in [2.75, 3.05) is 7.11 Å². The Kier molecular flexibility index (Phi) is 3.60. The highest BCUT2D eigenvalue weighted by Gasteiger charge is 2.17. The molecule has 104 valence electrons. The summed E-state index contributed by atoms with van der Waals surface area (Å²) in [7, 11) is 1.27. The molecule has 0 aliphatic rings. The van der Waals surface area contributed by atoms with E-state index >= 15 is 0 Å². The van der Waals surface area contributed by atoms with E-state index < -0.39 is 23.4 Å². The lowest BCUT2D eigenvalue weighted by atomic mass is 10.0. The molecule has 4 nitrogen and oxygen atoms in total. The number of rotatable bonds is 3. The zero-order valence-electron chi connectivity index (χ0n) is 10.2. The molecule has 0 unspecified atom stereocenters. The number of nitrogens with zero attached hydrogens (tertiary/aromatic N) is 1. The summed E-state index contributed by atoms with van der Waals surface area (Å²) in [4.78, 5) is 14.6. The molecule has 0 radical (unpaired) electrons. The molecule has 2 rings (SSSR count). The number of pyridine rings is 1. The van der Waals surface area contributed by atoms with Gasteiger partial charge in [0.1, 0.15) is 0 Å². The van der Waals surface area contributed by atoms with E-state index in [-0.39, 0.29) is 22.6 Å². The smallest absolute Gasteiger partial charge is 0.337 e. The third kappa shape index (κ3) is 2.42. The lowest BCUT2D eigenvalue weighted by molar-refractivity contribution is 0.0696. The molecular weight excluding hydrogens is 275 g/mol. The van der Waals surface area contributed by atoms with Gasteiger partial charge in [-0.15, -0.1) is 0 Å². The second kappa shape index (κ2) is 5.20. The molecule has 7 heteroatoms. The van der Waals surface area contributed by atoms with Crippen molar-refractivity contribution in [2.45, 2.75) is 0 Å².